The van der Waals surface area contributed by atoms with Gasteiger partial charge in [-0.05, 0) is 37.0 Å². The van der Waals surface area contributed by atoms with E-state index in [0.29, 0.717) is 6.54 Å². The Morgan fingerprint density at radius 1 is 1.10 bits per heavy atom. The molecule has 0 atom stereocenters. The second-order valence-corrected chi connectivity index (χ2v) is 5.26. The number of carbonyl (C=O) groups is 1. The smallest absolute Gasteiger partial charge is 0.319 e. The average Bonchev–Trinajstić information content (AvgIpc) is 2.47. The third kappa shape index (κ3) is 4.09. The van der Waals surface area contributed by atoms with Gasteiger partial charge in [0.05, 0.1) is 0 Å². The predicted molar refractivity (Wildman–Crippen MR) is 87.6 cm³/mol. The van der Waals surface area contributed by atoms with Crippen LogP contribution in [-0.2, 0) is 13.0 Å². The van der Waals surface area contributed by atoms with Gasteiger partial charge in [-0.15, -0.1) is 0 Å². The van der Waals surface area contributed by atoms with Crippen molar-refractivity contribution < 1.29 is 4.79 Å². The topological polar surface area (TPSA) is 41.1 Å². The minimum absolute atomic E-state index is 0.166. The number of anilines is 1. The van der Waals surface area contributed by atoms with Crippen LogP contribution in [0.25, 0.3) is 0 Å². The van der Waals surface area contributed by atoms with Crippen LogP contribution in [0.5, 0.6) is 0 Å². The summed E-state index contributed by atoms with van der Waals surface area (Å²) in [4.78, 5) is 12.1. The van der Waals surface area contributed by atoms with Crippen molar-refractivity contribution in [1.29, 1.82) is 0 Å². The molecule has 3 nitrogen and oxygen atoms in total. The summed E-state index contributed by atoms with van der Waals surface area (Å²) in [7, 11) is 0. The fourth-order valence-electron chi connectivity index (χ4n) is 2.36. The van der Waals surface area contributed by atoms with Crippen LogP contribution in [0.15, 0.2) is 42.5 Å². The van der Waals surface area contributed by atoms with E-state index in [1.165, 1.54) is 5.56 Å². The quantitative estimate of drug-likeness (QED) is 0.867. The highest BCUT2D eigenvalue weighted by molar-refractivity contribution is 5.91. The van der Waals surface area contributed by atoms with Crippen molar-refractivity contribution in [2.24, 2.45) is 0 Å². The first-order valence-electron chi connectivity index (χ1n) is 7.29. The van der Waals surface area contributed by atoms with Crippen molar-refractivity contribution >= 4 is 11.7 Å². The minimum Gasteiger partial charge on any atom is -0.334 e. The monoisotopic (exact) mass is 282 g/mol. The number of benzene rings is 2. The second kappa shape index (κ2) is 6.93. The highest BCUT2D eigenvalue weighted by atomic mass is 16.2. The van der Waals surface area contributed by atoms with Crippen LogP contribution < -0.4 is 10.6 Å². The van der Waals surface area contributed by atoms with Crippen LogP contribution in [-0.4, -0.2) is 6.03 Å². The largest absolute Gasteiger partial charge is 0.334 e. The molecule has 0 radical (unpaired) electrons. The lowest BCUT2D eigenvalue weighted by molar-refractivity contribution is 0.251. The summed E-state index contributed by atoms with van der Waals surface area (Å²) in [6.07, 6.45) is 0.898. The first-order chi connectivity index (χ1) is 10.1. The van der Waals surface area contributed by atoms with Crippen LogP contribution in [0.1, 0.15) is 29.2 Å². The van der Waals surface area contributed by atoms with Crippen molar-refractivity contribution in [1.82, 2.24) is 5.32 Å². The Kier molecular flexibility index (Phi) is 4.99. The Morgan fingerprint density at radius 3 is 2.57 bits per heavy atom. The Hall–Kier alpha value is -2.29. The molecule has 0 heterocycles. The summed E-state index contributed by atoms with van der Waals surface area (Å²) in [5.74, 6) is 0. The summed E-state index contributed by atoms with van der Waals surface area (Å²) < 4.78 is 0. The van der Waals surface area contributed by atoms with Crippen LogP contribution in [0.2, 0.25) is 0 Å². The molecule has 2 aromatic rings. The third-order valence-corrected chi connectivity index (χ3v) is 3.51. The molecule has 0 spiro atoms. The molecule has 2 amide bonds. The standard InChI is InChI=1S/C18H22N2O/c1-4-16-10-6-8-14(3)17(16)20-18(21)19-12-15-9-5-7-13(2)11-15/h5-11H,4,12H2,1-3H3,(H2,19,20,21). The number of amides is 2. The molecule has 0 aliphatic rings. The fraction of sp³-hybridized carbons (Fsp3) is 0.278. The molecule has 2 aromatic carbocycles. The summed E-state index contributed by atoms with van der Waals surface area (Å²) >= 11 is 0. The molecule has 110 valence electrons. The number of hydrogen-bond donors (Lipinski definition) is 2. The van der Waals surface area contributed by atoms with Crippen molar-refractivity contribution in [2.75, 3.05) is 5.32 Å². The van der Waals surface area contributed by atoms with Gasteiger partial charge in [0.1, 0.15) is 0 Å². The lowest BCUT2D eigenvalue weighted by Crippen LogP contribution is -2.29. The number of carbonyl (C=O) groups excluding carboxylic acids is 1. The summed E-state index contributed by atoms with van der Waals surface area (Å²) in [6.45, 7) is 6.67. The van der Waals surface area contributed by atoms with Crippen LogP contribution in [0.3, 0.4) is 0 Å². The van der Waals surface area contributed by atoms with E-state index in [2.05, 4.69) is 23.6 Å². The Morgan fingerprint density at radius 2 is 1.86 bits per heavy atom. The summed E-state index contributed by atoms with van der Waals surface area (Å²) in [5, 5.41) is 5.87. The lowest BCUT2D eigenvalue weighted by Gasteiger charge is -2.13. The zero-order valence-electron chi connectivity index (χ0n) is 12.9. The van der Waals surface area contributed by atoms with Gasteiger partial charge in [0.25, 0.3) is 0 Å². The predicted octanol–water partition coefficient (Wildman–Crippen LogP) is 4.19. The second-order valence-electron chi connectivity index (χ2n) is 5.26. The molecule has 2 rings (SSSR count). The number of nitrogens with one attached hydrogen (secondary N) is 2. The van der Waals surface area contributed by atoms with Gasteiger partial charge in [-0.25, -0.2) is 4.79 Å². The number of urea groups is 1. The van der Waals surface area contributed by atoms with Gasteiger partial charge in [-0.1, -0.05) is 55.0 Å². The van der Waals surface area contributed by atoms with Gasteiger partial charge in [-0.2, -0.15) is 0 Å². The van der Waals surface area contributed by atoms with Gasteiger partial charge in [0.2, 0.25) is 0 Å². The van der Waals surface area contributed by atoms with E-state index in [9.17, 15) is 4.79 Å². The van der Waals surface area contributed by atoms with Crippen LogP contribution in [0.4, 0.5) is 10.5 Å². The van der Waals surface area contributed by atoms with Crippen molar-refractivity contribution in [3.05, 3.63) is 64.7 Å². The Bertz CT molecular complexity index is 635. The van der Waals surface area contributed by atoms with Crippen LogP contribution >= 0.6 is 0 Å². The van der Waals surface area contributed by atoms with E-state index >= 15 is 0 Å². The molecule has 0 aliphatic carbocycles. The molecule has 0 saturated carbocycles. The van der Waals surface area contributed by atoms with Gasteiger partial charge < -0.3 is 10.6 Å². The van der Waals surface area contributed by atoms with Gasteiger partial charge >= 0.3 is 6.03 Å². The zero-order chi connectivity index (χ0) is 15.2. The van der Waals surface area contributed by atoms with Gasteiger partial charge in [-0.3, -0.25) is 0 Å². The van der Waals surface area contributed by atoms with Crippen LogP contribution in [0, 0.1) is 13.8 Å². The van der Waals surface area contributed by atoms with Crippen molar-refractivity contribution in [2.45, 2.75) is 33.7 Å². The highest BCUT2D eigenvalue weighted by Gasteiger charge is 2.08. The number of aryl methyl sites for hydroxylation is 3. The zero-order valence-corrected chi connectivity index (χ0v) is 12.9. The van der Waals surface area contributed by atoms with E-state index in [4.69, 9.17) is 0 Å². The number of para-hydroxylation sites is 1. The Balaban J connectivity index is 1.99. The van der Waals surface area contributed by atoms with E-state index in [1.54, 1.807) is 0 Å². The minimum atomic E-state index is -0.166. The maximum Gasteiger partial charge on any atom is 0.319 e. The molecule has 0 aliphatic heterocycles. The fourth-order valence-corrected chi connectivity index (χ4v) is 2.36. The van der Waals surface area contributed by atoms with E-state index in [-0.39, 0.29) is 6.03 Å². The maximum absolute atomic E-state index is 12.1. The van der Waals surface area contributed by atoms with Gasteiger partial charge in [0, 0.05) is 12.2 Å². The highest BCUT2D eigenvalue weighted by Crippen LogP contribution is 2.20. The molecule has 0 unspecified atom stereocenters. The maximum atomic E-state index is 12.1. The van der Waals surface area contributed by atoms with E-state index in [0.717, 1.165) is 28.8 Å². The molecule has 3 heteroatoms. The van der Waals surface area contributed by atoms with E-state index < -0.39 is 0 Å². The first kappa shape index (κ1) is 15.1. The van der Waals surface area contributed by atoms with Gasteiger partial charge in [0.15, 0.2) is 0 Å². The molecule has 0 aromatic heterocycles. The normalized spacial score (nSPS) is 10.2. The molecule has 21 heavy (non-hydrogen) atoms. The summed E-state index contributed by atoms with van der Waals surface area (Å²) in [6, 6.07) is 14.0. The molecule has 0 fully saturated rings. The molecular formula is C18H22N2O. The third-order valence-electron chi connectivity index (χ3n) is 3.51. The number of hydrogen-bond acceptors (Lipinski definition) is 1. The van der Waals surface area contributed by atoms with Crippen molar-refractivity contribution in [3.8, 4) is 0 Å². The molecular weight excluding hydrogens is 260 g/mol. The van der Waals surface area contributed by atoms with Crippen molar-refractivity contribution in [3.63, 3.8) is 0 Å². The Labute approximate surface area is 126 Å². The lowest BCUT2D eigenvalue weighted by atomic mass is 10.1. The first-order valence-corrected chi connectivity index (χ1v) is 7.29. The molecule has 0 bridgehead atoms. The average molecular weight is 282 g/mol. The summed E-state index contributed by atoms with van der Waals surface area (Å²) in [5.41, 5.74) is 5.45. The van der Waals surface area contributed by atoms with E-state index in [1.807, 2.05) is 50.2 Å². The number of rotatable bonds is 4. The molecule has 0 saturated heterocycles. The molecule has 2 N–H and O–H groups in total. The SMILES string of the molecule is CCc1cccc(C)c1NC(=O)NCc1cccc(C)c1.